The van der Waals surface area contributed by atoms with Gasteiger partial charge in [0.15, 0.2) is 0 Å². The standard InChI is InChI=1S/C31H38O5S/c1-3-30-13-11-24-23-10-7-21(32)16-25(23)20(18-36-37(33,34)22-8-5-19(2)6-9-22)15-26(24)29(30)27-17-28(27)31(30)12-4-14-35-31/h4-6,8-9,12,23-24,26-29H,3,7,10-11,13-18H2,1-2H3/t23-,24?,26?,27-,28+,29?,30+,31+/m1/s1. The maximum atomic E-state index is 13.1. The van der Waals surface area contributed by atoms with E-state index in [-0.39, 0.29) is 28.3 Å². The minimum absolute atomic E-state index is 0.0695. The Morgan fingerprint density at radius 3 is 2.65 bits per heavy atom. The summed E-state index contributed by atoms with van der Waals surface area (Å²) in [5, 5.41) is 0. The lowest BCUT2D eigenvalue weighted by Crippen LogP contribution is -2.56. The zero-order chi connectivity index (χ0) is 25.6. The number of Topliss-reactive ketones (excluding diaryl/α,β-unsaturated/α-hetero) is 1. The first-order valence-corrected chi connectivity index (χ1v) is 15.7. The van der Waals surface area contributed by atoms with E-state index in [9.17, 15) is 13.2 Å². The number of ether oxygens (including phenoxy) is 1. The fourth-order valence-corrected chi connectivity index (χ4v) is 10.8. The molecule has 7 rings (SSSR count). The molecule has 0 saturated heterocycles. The smallest absolute Gasteiger partial charge is 0.297 e. The van der Waals surface area contributed by atoms with Gasteiger partial charge in [-0.1, -0.05) is 42.3 Å². The molecular formula is C31H38O5S. The molecule has 1 aromatic rings. The second kappa shape index (κ2) is 8.37. The van der Waals surface area contributed by atoms with Gasteiger partial charge < -0.3 is 4.74 Å². The zero-order valence-corrected chi connectivity index (χ0v) is 22.8. The molecule has 0 bridgehead atoms. The fraction of sp³-hybridized carbons (Fsp3) is 0.645. The number of ketones is 1. The highest BCUT2D eigenvalue weighted by Gasteiger charge is 2.77. The Balaban J connectivity index is 1.22. The average molecular weight is 523 g/mol. The van der Waals surface area contributed by atoms with Crippen LogP contribution in [-0.4, -0.2) is 33.0 Å². The van der Waals surface area contributed by atoms with Gasteiger partial charge in [-0.25, -0.2) is 0 Å². The van der Waals surface area contributed by atoms with E-state index in [1.165, 1.54) is 24.8 Å². The molecule has 1 spiro atoms. The summed E-state index contributed by atoms with van der Waals surface area (Å²) >= 11 is 0. The molecular weight excluding hydrogens is 484 g/mol. The average Bonchev–Trinajstić information content (AvgIpc) is 3.45. The maximum Gasteiger partial charge on any atom is 0.297 e. The maximum absolute atomic E-state index is 13.1. The van der Waals surface area contributed by atoms with E-state index in [1.807, 2.05) is 6.92 Å². The van der Waals surface area contributed by atoms with Crippen LogP contribution in [-0.2, 0) is 23.8 Å². The molecule has 4 saturated carbocycles. The van der Waals surface area contributed by atoms with E-state index < -0.39 is 10.1 Å². The molecule has 1 aliphatic heterocycles. The molecule has 0 amide bonds. The number of hydrogen-bond acceptors (Lipinski definition) is 5. The summed E-state index contributed by atoms with van der Waals surface area (Å²) in [6.07, 6.45) is 12.3. The third-order valence-corrected chi connectivity index (χ3v) is 12.6. The van der Waals surface area contributed by atoms with Crippen LogP contribution in [0.5, 0.6) is 0 Å². The summed E-state index contributed by atoms with van der Waals surface area (Å²) in [7, 11) is -3.86. The van der Waals surface area contributed by atoms with Crippen LogP contribution in [0.1, 0.15) is 63.9 Å². The Kier molecular flexibility index (Phi) is 5.49. The molecule has 4 fully saturated rings. The van der Waals surface area contributed by atoms with E-state index in [1.54, 1.807) is 24.3 Å². The van der Waals surface area contributed by atoms with Crippen LogP contribution in [0, 0.1) is 47.8 Å². The molecule has 3 unspecified atom stereocenters. The van der Waals surface area contributed by atoms with Crippen LogP contribution in [0.2, 0.25) is 0 Å². The van der Waals surface area contributed by atoms with Gasteiger partial charge in [0, 0.05) is 18.3 Å². The van der Waals surface area contributed by atoms with Gasteiger partial charge in [0.1, 0.15) is 5.78 Å². The summed E-state index contributed by atoms with van der Waals surface area (Å²) in [5.41, 5.74) is 3.38. The first kappa shape index (κ1) is 24.3. The van der Waals surface area contributed by atoms with Crippen LogP contribution >= 0.6 is 0 Å². The van der Waals surface area contributed by atoms with Crippen LogP contribution < -0.4 is 0 Å². The number of carbonyl (C=O) groups is 1. The van der Waals surface area contributed by atoms with E-state index in [4.69, 9.17) is 8.92 Å². The highest BCUT2D eigenvalue weighted by atomic mass is 32.2. The predicted octanol–water partition coefficient (Wildman–Crippen LogP) is 5.78. The number of allylic oxidation sites excluding steroid dienone is 1. The summed E-state index contributed by atoms with van der Waals surface area (Å²) in [4.78, 5) is 12.8. The summed E-state index contributed by atoms with van der Waals surface area (Å²) < 4.78 is 38.5. The number of aryl methyl sites for hydroxylation is 1. The predicted molar refractivity (Wildman–Crippen MR) is 140 cm³/mol. The molecule has 6 aliphatic rings. The van der Waals surface area contributed by atoms with Crippen molar-refractivity contribution in [1.82, 2.24) is 0 Å². The SMILES string of the molecule is CC[C@]12CCC3C(CC(COS(=O)(=O)c4ccc(C)cc4)=C4CC(=O)CC[C@@H]43)C1[C@@H]1C[C@@H]1[C@@]21C=CCO1. The first-order valence-electron chi connectivity index (χ1n) is 14.3. The molecule has 5 nitrogen and oxygen atoms in total. The molecule has 5 aliphatic carbocycles. The van der Waals surface area contributed by atoms with Gasteiger partial charge in [0.2, 0.25) is 0 Å². The highest BCUT2D eigenvalue weighted by molar-refractivity contribution is 7.86. The Bertz CT molecular complexity index is 1290. The Morgan fingerprint density at radius 2 is 1.92 bits per heavy atom. The van der Waals surface area contributed by atoms with Gasteiger partial charge >= 0.3 is 0 Å². The van der Waals surface area contributed by atoms with Crippen molar-refractivity contribution in [2.75, 3.05) is 13.2 Å². The second-order valence-electron chi connectivity index (χ2n) is 12.6. The van der Waals surface area contributed by atoms with E-state index in [0.29, 0.717) is 48.3 Å². The highest BCUT2D eigenvalue weighted by Crippen LogP contribution is 2.78. The first-order chi connectivity index (χ1) is 17.8. The summed E-state index contributed by atoms with van der Waals surface area (Å²) in [6.45, 7) is 5.10. The summed E-state index contributed by atoms with van der Waals surface area (Å²) in [6, 6.07) is 6.83. The zero-order valence-electron chi connectivity index (χ0n) is 21.9. The number of carbonyl (C=O) groups excluding carboxylic acids is 1. The van der Waals surface area contributed by atoms with Gasteiger partial charge in [0.25, 0.3) is 10.1 Å². The molecule has 0 aromatic heterocycles. The number of fused-ring (bicyclic) bond motifs is 9. The molecule has 1 aromatic carbocycles. The second-order valence-corrected chi connectivity index (χ2v) is 14.3. The third-order valence-electron chi connectivity index (χ3n) is 11.3. The largest absolute Gasteiger partial charge is 0.366 e. The number of rotatable bonds is 5. The van der Waals surface area contributed by atoms with Crippen molar-refractivity contribution < 1.29 is 22.1 Å². The lowest BCUT2D eigenvalue weighted by molar-refractivity contribution is -0.141. The lowest BCUT2D eigenvalue weighted by Gasteiger charge is -2.58. The lowest BCUT2D eigenvalue weighted by atomic mass is 9.47. The molecule has 37 heavy (non-hydrogen) atoms. The van der Waals surface area contributed by atoms with Crippen molar-refractivity contribution >= 4 is 15.9 Å². The monoisotopic (exact) mass is 522 g/mol. The van der Waals surface area contributed by atoms with Crippen LogP contribution in [0.25, 0.3) is 0 Å². The van der Waals surface area contributed by atoms with Gasteiger partial charge in [-0.3, -0.25) is 8.98 Å². The van der Waals surface area contributed by atoms with Crippen molar-refractivity contribution in [3.05, 3.63) is 53.1 Å². The molecule has 1 heterocycles. The molecule has 6 heteroatoms. The van der Waals surface area contributed by atoms with Crippen LogP contribution in [0.3, 0.4) is 0 Å². The summed E-state index contributed by atoms with van der Waals surface area (Å²) in [5.74, 6) is 3.73. The van der Waals surface area contributed by atoms with Gasteiger partial charge in [-0.05, 0) is 98.7 Å². The van der Waals surface area contributed by atoms with Gasteiger partial charge in [-0.15, -0.1) is 0 Å². The third kappa shape index (κ3) is 3.40. The normalized spacial score (nSPS) is 41.9. The Hall–Kier alpha value is -1.76. The van der Waals surface area contributed by atoms with Crippen LogP contribution in [0.4, 0.5) is 0 Å². The van der Waals surface area contributed by atoms with Gasteiger partial charge in [0.05, 0.1) is 23.7 Å². The van der Waals surface area contributed by atoms with Crippen molar-refractivity contribution in [3.63, 3.8) is 0 Å². The quantitative estimate of drug-likeness (QED) is 0.362. The van der Waals surface area contributed by atoms with Crippen LogP contribution in [0.15, 0.2) is 52.5 Å². The molecule has 0 radical (unpaired) electrons. The Labute approximate surface area is 220 Å². The van der Waals surface area contributed by atoms with Crippen molar-refractivity contribution in [3.8, 4) is 0 Å². The molecule has 0 N–H and O–H groups in total. The Morgan fingerprint density at radius 1 is 1.11 bits per heavy atom. The van der Waals surface area contributed by atoms with E-state index in [2.05, 4.69) is 19.1 Å². The molecule has 8 atom stereocenters. The van der Waals surface area contributed by atoms with Crippen molar-refractivity contribution in [1.29, 1.82) is 0 Å². The van der Waals surface area contributed by atoms with Gasteiger partial charge in [-0.2, -0.15) is 8.42 Å². The minimum atomic E-state index is -3.86. The van der Waals surface area contributed by atoms with E-state index >= 15 is 0 Å². The van der Waals surface area contributed by atoms with Crippen molar-refractivity contribution in [2.45, 2.75) is 75.7 Å². The number of hydrogen-bond donors (Lipinski definition) is 0. The fourth-order valence-electron chi connectivity index (χ4n) is 9.87. The van der Waals surface area contributed by atoms with Crippen molar-refractivity contribution in [2.24, 2.45) is 40.9 Å². The van der Waals surface area contributed by atoms with E-state index in [0.717, 1.165) is 37.0 Å². The number of benzene rings is 1. The molecule has 198 valence electrons. The topological polar surface area (TPSA) is 69.7 Å². The minimum Gasteiger partial charge on any atom is -0.366 e.